The van der Waals surface area contributed by atoms with Crippen molar-refractivity contribution in [3.05, 3.63) is 26.9 Å². The van der Waals surface area contributed by atoms with Gasteiger partial charge in [0.05, 0.1) is 0 Å². The first kappa shape index (κ1) is 12.2. The number of aromatic nitrogens is 2. The van der Waals surface area contributed by atoms with Gasteiger partial charge in [-0.15, -0.1) is 0 Å². The molecule has 0 bridgehead atoms. The topological polar surface area (TPSA) is 70.5 Å². The zero-order chi connectivity index (χ0) is 12.1. The zero-order valence-corrected chi connectivity index (χ0v) is 9.73. The number of anilines is 1. The molecule has 0 aliphatic heterocycles. The highest BCUT2D eigenvalue weighted by molar-refractivity contribution is 5.59. The molecule has 0 aliphatic rings. The van der Waals surface area contributed by atoms with Crippen LogP contribution >= 0.6 is 0 Å². The Hall–Kier alpha value is -1.85. The van der Waals surface area contributed by atoms with Crippen molar-refractivity contribution in [1.29, 1.82) is 0 Å². The minimum atomic E-state index is -0.444. The SMILES string of the molecule is CCC/C=N/N(C)c1cc(=O)n(C)c(=O)[nH]1. The van der Waals surface area contributed by atoms with Crippen LogP contribution < -0.4 is 16.3 Å². The van der Waals surface area contributed by atoms with Crippen LogP contribution in [0.15, 0.2) is 20.8 Å². The van der Waals surface area contributed by atoms with E-state index in [1.807, 2.05) is 6.92 Å². The second-order valence-corrected chi connectivity index (χ2v) is 3.47. The summed E-state index contributed by atoms with van der Waals surface area (Å²) in [6.07, 6.45) is 3.61. The summed E-state index contributed by atoms with van der Waals surface area (Å²) >= 11 is 0. The molecule has 1 N–H and O–H groups in total. The van der Waals surface area contributed by atoms with Gasteiger partial charge in [0.1, 0.15) is 5.82 Å². The number of aromatic amines is 1. The number of hydrazone groups is 1. The van der Waals surface area contributed by atoms with Gasteiger partial charge in [0.25, 0.3) is 5.56 Å². The lowest BCUT2D eigenvalue weighted by molar-refractivity contribution is 0.766. The van der Waals surface area contributed by atoms with Crippen molar-refractivity contribution < 1.29 is 0 Å². The summed E-state index contributed by atoms with van der Waals surface area (Å²) in [4.78, 5) is 25.2. The van der Waals surface area contributed by atoms with E-state index in [4.69, 9.17) is 0 Å². The monoisotopic (exact) mass is 224 g/mol. The quantitative estimate of drug-likeness (QED) is 0.590. The van der Waals surface area contributed by atoms with Crippen LogP contribution in [0.2, 0.25) is 0 Å². The van der Waals surface area contributed by atoms with Crippen molar-refractivity contribution in [2.75, 3.05) is 12.1 Å². The maximum absolute atomic E-state index is 11.4. The third-order valence-corrected chi connectivity index (χ3v) is 2.15. The van der Waals surface area contributed by atoms with Gasteiger partial charge in [-0.2, -0.15) is 5.10 Å². The van der Waals surface area contributed by atoms with Gasteiger partial charge in [-0.05, 0) is 6.42 Å². The molecule has 0 radical (unpaired) electrons. The van der Waals surface area contributed by atoms with E-state index in [2.05, 4.69) is 10.1 Å². The lowest BCUT2D eigenvalue weighted by Crippen LogP contribution is -2.33. The molecule has 0 saturated heterocycles. The van der Waals surface area contributed by atoms with Crippen LogP contribution in [0.25, 0.3) is 0 Å². The molecule has 0 amide bonds. The van der Waals surface area contributed by atoms with Crippen LogP contribution in [0, 0.1) is 0 Å². The van der Waals surface area contributed by atoms with E-state index in [0.29, 0.717) is 5.82 Å². The first-order valence-corrected chi connectivity index (χ1v) is 5.12. The number of nitrogens with zero attached hydrogens (tertiary/aromatic N) is 3. The molecule has 1 aromatic rings. The smallest absolute Gasteiger partial charge is 0.292 e. The first-order valence-electron chi connectivity index (χ1n) is 5.12. The number of nitrogens with one attached hydrogen (secondary N) is 1. The maximum Gasteiger partial charge on any atom is 0.329 e. The van der Waals surface area contributed by atoms with E-state index >= 15 is 0 Å². The molecular formula is C10H16N4O2. The minimum absolute atomic E-state index is 0.351. The van der Waals surface area contributed by atoms with E-state index in [1.54, 1.807) is 13.3 Å². The van der Waals surface area contributed by atoms with E-state index in [1.165, 1.54) is 18.1 Å². The Morgan fingerprint density at radius 2 is 2.25 bits per heavy atom. The molecule has 0 aliphatic carbocycles. The fourth-order valence-corrected chi connectivity index (χ4v) is 1.09. The summed E-state index contributed by atoms with van der Waals surface area (Å²) in [6, 6.07) is 1.34. The fraction of sp³-hybridized carbons (Fsp3) is 0.500. The van der Waals surface area contributed by atoms with Crippen LogP contribution in [0.3, 0.4) is 0 Å². The highest BCUT2D eigenvalue weighted by Gasteiger charge is 2.03. The molecule has 1 heterocycles. The normalized spacial score (nSPS) is 10.9. The zero-order valence-electron chi connectivity index (χ0n) is 9.73. The number of rotatable bonds is 4. The van der Waals surface area contributed by atoms with E-state index in [9.17, 15) is 9.59 Å². The summed E-state index contributed by atoms with van der Waals surface area (Å²) in [7, 11) is 3.10. The van der Waals surface area contributed by atoms with Gasteiger partial charge in [-0.25, -0.2) is 4.79 Å². The number of H-pyrrole nitrogens is 1. The molecule has 0 unspecified atom stereocenters. The maximum atomic E-state index is 11.4. The Labute approximate surface area is 93.2 Å². The van der Waals surface area contributed by atoms with Crippen LogP contribution in [0.1, 0.15) is 19.8 Å². The number of unbranched alkanes of at least 4 members (excludes halogenated alkanes) is 1. The van der Waals surface area contributed by atoms with Gasteiger partial charge in [0.15, 0.2) is 0 Å². The molecule has 6 heteroatoms. The predicted molar refractivity (Wildman–Crippen MR) is 64.1 cm³/mol. The molecule has 1 rings (SSSR count). The predicted octanol–water partition coefficient (Wildman–Crippen LogP) is 0.296. The molecule has 1 aromatic heterocycles. The van der Waals surface area contributed by atoms with Crippen molar-refractivity contribution in [1.82, 2.24) is 9.55 Å². The molecule has 0 fully saturated rings. The van der Waals surface area contributed by atoms with Crippen molar-refractivity contribution in [3.8, 4) is 0 Å². The van der Waals surface area contributed by atoms with Gasteiger partial charge < -0.3 is 0 Å². The Kier molecular flexibility index (Phi) is 4.04. The largest absolute Gasteiger partial charge is 0.329 e. The van der Waals surface area contributed by atoms with Gasteiger partial charge >= 0.3 is 5.69 Å². The molecular weight excluding hydrogens is 208 g/mol. The minimum Gasteiger partial charge on any atom is -0.292 e. The Morgan fingerprint density at radius 3 is 2.81 bits per heavy atom. The first-order chi connectivity index (χ1) is 7.56. The molecule has 6 nitrogen and oxygen atoms in total. The summed E-state index contributed by atoms with van der Waals surface area (Å²) < 4.78 is 1.01. The summed E-state index contributed by atoms with van der Waals surface area (Å²) in [5.74, 6) is 0.389. The van der Waals surface area contributed by atoms with Crippen molar-refractivity contribution in [3.63, 3.8) is 0 Å². The van der Waals surface area contributed by atoms with Gasteiger partial charge in [-0.3, -0.25) is 19.4 Å². The third-order valence-electron chi connectivity index (χ3n) is 2.15. The highest BCUT2D eigenvalue weighted by atomic mass is 16.2. The summed E-state index contributed by atoms with van der Waals surface area (Å²) in [5.41, 5.74) is -0.795. The number of hydrogen-bond acceptors (Lipinski definition) is 4. The fourth-order valence-electron chi connectivity index (χ4n) is 1.09. The van der Waals surface area contributed by atoms with E-state index in [0.717, 1.165) is 17.4 Å². The molecule has 0 aromatic carbocycles. The molecule has 16 heavy (non-hydrogen) atoms. The lowest BCUT2D eigenvalue weighted by atomic mass is 10.4. The second kappa shape index (κ2) is 5.29. The Balaban J connectivity index is 2.97. The van der Waals surface area contributed by atoms with E-state index < -0.39 is 5.69 Å². The summed E-state index contributed by atoms with van der Waals surface area (Å²) in [5, 5.41) is 5.56. The number of hydrogen-bond donors (Lipinski definition) is 1. The highest BCUT2D eigenvalue weighted by Crippen LogP contribution is 2.01. The molecule has 0 atom stereocenters. The van der Waals surface area contributed by atoms with Crippen LogP contribution in [-0.2, 0) is 7.05 Å². The van der Waals surface area contributed by atoms with Crippen molar-refractivity contribution in [2.45, 2.75) is 19.8 Å². The second-order valence-electron chi connectivity index (χ2n) is 3.47. The lowest BCUT2D eigenvalue weighted by Gasteiger charge is -2.11. The Morgan fingerprint density at radius 1 is 1.56 bits per heavy atom. The van der Waals surface area contributed by atoms with E-state index in [-0.39, 0.29) is 5.56 Å². The molecule has 88 valence electrons. The Bertz CT molecular complexity index is 455. The average molecular weight is 224 g/mol. The van der Waals surface area contributed by atoms with Gasteiger partial charge in [-0.1, -0.05) is 13.3 Å². The third kappa shape index (κ3) is 2.82. The van der Waals surface area contributed by atoms with Crippen LogP contribution in [0.5, 0.6) is 0 Å². The average Bonchev–Trinajstić information content (AvgIpc) is 2.25. The van der Waals surface area contributed by atoms with Crippen LogP contribution in [0.4, 0.5) is 5.82 Å². The standard InChI is InChI=1S/C10H16N4O2/c1-4-5-6-11-14(3)8-7-9(15)13(2)10(16)12-8/h6-7H,4-5H2,1-3H3,(H,12,16)/b11-6+. The van der Waals surface area contributed by atoms with Crippen molar-refractivity contribution in [2.24, 2.45) is 12.1 Å². The van der Waals surface area contributed by atoms with Gasteiger partial charge in [0, 0.05) is 26.4 Å². The summed E-state index contributed by atoms with van der Waals surface area (Å²) in [6.45, 7) is 2.05. The van der Waals surface area contributed by atoms with Crippen molar-refractivity contribution >= 4 is 12.0 Å². The molecule has 0 spiro atoms. The van der Waals surface area contributed by atoms with Gasteiger partial charge in [0.2, 0.25) is 0 Å². The van der Waals surface area contributed by atoms with Crippen LogP contribution in [-0.4, -0.2) is 22.8 Å². The molecule has 0 saturated carbocycles.